The average molecular weight is 1470 g/mol. The van der Waals surface area contributed by atoms with Crippen LogP contribution in [-0.4, -0.2) is 192 Å². The monoisotopic (exact) mass is 1460 g/mol. The van der Waals surface area contributed by atoms with E-state index in [1.54, 1.807) is 50.2 Å². The Morgan fingerprint density at radius 2 is 1.34 bits per heavy atom. The van der Waals surface area contributed by atoms with Crippen LogP contribution in [-0.2, 0) is 93.1 Å². The van der Waals surface area contributed by atoms with Crippen LogP contribution in [0, 0.1) is 0 Å². The predicted octanol–water partition coefficient (Wildman–Crippen LogP) is 6.06. The third kappa shape index (κ3) is 24.6. The number of nitrogens with two attached hydrogens (primary N) is 1. The summed E-state index contributed by atoms with van der Waals surface area (Å²) in [7, 11) is 0. The van der Waals surface area contributed by atoms with Crippen molar-refractivity contribution in [2.45, 2.75) is 154 Å². The average Bonchev–Trinajstić information content (AvgIpc) is 1.59. The van der Waals surface area contributed by atoms with Crippen LogP contribution >= 0.6 is 0 Å². The summed E-state index contributed by atoms with van der Waals surface area (Å²) in [6.45, 7) is 8.33. The number of nitrogens with zero attached hydrogens (tertiary/aromatic N) is 6. The molecule has 2 atom stereocenters. The number of esters is 1. The van der Waals surface area contributed by atoms with Gasteiger partial charge in [0.15, 0.2) is 22.5 Å². The number of para-hydroxylation sites is 1. The van der Waals surface area contributed by atoms with Crippen molar-refractivity contribution in [3.05, 3.63) is 115 Å². The minimum Gasteiger partial charge on any atom is -0.480 e. The summed E-state index contributed by atoms with van der Waals surface area (Å²) >= 11 is 0. The number of H-pyrrole nitrogens is 1. The Morgan fingerprint density at radius 1 is 0.733 bits per heavy atom. The zero-order valence-corrected chi connectivity index (χ0v) is 59.3. The first-order chi connectivity index (χ1) is 50.6. The minimum absolute atomic E-state index is 0.0141. The lowest BCUT2D eigenvalue weighted by Gasteiger charge is -2.31. The van der Waals surface area contributed by atoms with E-state index >= 15 is 8.78 Å². The van der Waals surface area contributed by atoms with Crippen molar-refractivity contribution in [3.63, 3.8) is 0 Å². The number of hydrogen-bond acceptors (Lipinski definition) is 24. The molecule has 6 heterocycles. The molecule has 32 heteroatoms. The van der Waals surface area contributed by atoms with Gasteiger partial charge in [0.25, 0.3) is 22.9 Å². The number of ketones is 2. The van der Waals surface area contributed by atoms with Gasteiger partial charge >= 0.3 is 11.9 Å². The number of ether oxygens (including phenoxy) is 7. The lowest BCUT2D eigenvalue weighted by molar-refractivity contribution is -0.172. The van der Waals surface area contributed by atoms with Gasteiger partial charge in [-0.05, 0) is 108 Å². The fourth-order valence-electron chi connectivity index (χ4n) is 11.8. The second-order valence-electron chi connectivity index (χ2n) is 25.4. The molecule has 2 aromatic carbocycles. The number of unbranched alkanes of at least 4 members (excludes halogenated alkanes) is 2. The summed E-state index contributed by atoms with van der Waals surface area (Å²) in [5, 5.41) is 32.3. The molecular formula is C73H94F2N12O18. The van der Waals surface area contributed by atoms with E-state index in [2.05, 4.69) is 46.2 Å². The molecule has 0 saturated carbocycles. The molecule has 2 aliphatic heterocycles. The van der Waals surface area contributed by atoms with Crippen molar-refractivity contribution in [3.8, 4) is 11.4 Å². The maximum absolute atomic E-state index is 16.6. The van der Waals surface area contributed by atoms with Crippen molar-refractivity contribution in [1.82, 2.24) is 45.4 Å². The maximum Gasteiger partial charge on any atom is 0.343 e. The number of aromatic nitrogens is 6. The number of amides is 3. The molecule has 0 radical (unpaired) electrons. The summed E-state index contributed by atoms with van der Waals surface area (Å²) in [5.74, 6) is -6.79. The second kappa shape index (κ2) is 41.3. The molecule has 1 unspecified atom stereocenters. The van der Waals surface area contributed by atoms with Gasteiger partial charge in [0.2, 0.25) is 17.8 Å². The molecule has 4 aromatic heterocycles. The molecule has 8 rings (SSSR count). The van der Waals surface area contributed by atoms with Gasteiger partial charge in [-0.1, -0.05) is 25.1 Å². The molecule has 30 nitrogen and oxygen atoms in total. The van der Waals surface area contributed by atoms with Crippen LogP contribution in [0.1, 0.15) is 155 Å². The SMILES string of the molecule is CCC1(O)C(=O)OCc2c1cc1n(c2=O)Cc2c-1nc1ccccc1c2C(F)(F)CCCC(C)=NCC(=O)CCCCOCCOCCOCCCCC(=O)CCC(=O)NCCCOCCOCCOCCCNC(=O)CC[C@H](NC(=O)c1ccc(NCc2cnc3nc(N)[nH]c(=O)c3n2)cc1)C(=O)O. The van der Waals surface area contributed by atoms with Crippen LogP contribution in [0.3, 0.4) is 0 Å². The predicted molar refractivity (Wildman–Crippen MR) is 382 cm³/mol. The number of rotatable bonds is 50. The smallest absolute Gasteiger partial charge is 0.343 e. The first-order valence-corrected chi connectivity index (χ1v) is 35.5. The van der Waals surface area contributed by atoms with Crippen LogP contribution in [0.25, 0.3) is 33.5 Å². The number of carbonyl (C=O) groups is 7. The standard InChI is InChI=1S/C73H94F2N12O18/c1-3-72(98)56-41-59-63-54(45-87(59)68(94)55(56)46-105-70(72)97)62(53-16-4-5-17-57(53)83-63)73(74,75)26-10-13-47(2)79-44-52(89)15-7-9-30-100-34-38-103-37-33-99-29-8-6-14-51(88)22-24-60(90)77-27-11-31-101-35-39-104-40-36-102-32-12-28-78-61(91)25-23-58(69(95)96)84-66(92)48-18-20-49(21-19-48)80-42-50-43-81-65-64(82-50)67(93)86-71(76)85-65/h4-5,16-21,41,43,58,80,98H,3,6-15,22-40,42,44-46H2,1-2H3,(H,77,90)(H,78,91)(H,84,92)(H,95,96)(H3,76,81,85,86,93)/t58-,72?/m0/s1. The Kier molecular flexibility index (Phi) is 32.0. The molecule has 2 aliphatic rings. The van der Waals surface area contributed by atoms with E-state index < -0.39 is 53.0 Å². The van der Waals surface area contributed by atoms with Crippen LogP contribution in [0.2, 0.25) is 0 Å². The number of carboxylic acids is 1. The number of nitrogen functional groups attached to an aromatic ring is 1. The number of aliphatic hydroxyl groups is 1. The summed E-state index contributed by atoms with van der Waals surface area (Å²) < 4.78 is 73.1. The highest BCUT2D eigenvalue weighted by atomic mass is 19.3. The van der Waals surface area contributed by atoms with Crippen molar-refractivity contribution in [2.75, 3.05) is 110 Å². The molecule has 0 saturated heterocycles. The summed E-state index contributed by atoms with van der Waals surface area (Å²) in [6, 6.07) is 13.1. The van der Waals surface area contributed by atoms with E-state index in [1.807, 2.05) is 0 Å². The number of alkyl halides is 2. The van der Waals surface area contributed by atoms with Gasteiger partial charge in [-0.25, -0.2) is 33.3 Å². The molecule has 0 fully saturated rings. The van der Waals surface area contributed by atoms with Gasteiger partial charge in [0, 0.05) is 117 Å². The summed E-state index contributed by atoms with van der Waals surface area (Å²) in [4.78, 5) is 137. The van der Waals surface area contributed by atoms with Gasteiger partial charge in [-0.15, -0.1) is 0 Å². The van der Waals surface area contributed by atoms with Crippen LogP contribution in [0.4, 0.5) is 20.4 Å². The van der Waals surface area contributed by atoms with Crippen LogP contribution in [0.5, 0.6) is 0 Å². The topological polar surface area (TPSA) is 417 Å². The van der Waals surface area contributed by atoms with Crippen LogP contribution < -0.4 is 38.1 Å². The van der Waals surface area contributed by atoms with E-state index in [9.17, 15) is 53.4 Å². The highest BCUT2D eigenvalue weighted by Gasteiger charge is 2.47. The van der Waals surface area contributed by atoms with Crippen LogP contribution in [0.15, 0.2) is 75.4 Å². The maximum atomic E-state index is 16.6. The Morgan fingerprint density at radius 3 is 1.98 bits per heavy atom. The molecule has 9 N–H and O–H groups in total. The number of benzene rings is 2. The fraction of sp³-hybridized carbons (Fsp3) is 0.534. The number of fused-ring (bicyclic) bond motifs is 6. The number of anilines is 2. The van der Waals surface area contributed by atoms with E-state index in [4.69, 9.17) is 43.9 Å². The number of nitrogens with one attached hydrogen (secondary N) is 5. The first-order valence-electron chi connectivity index (χ1n) is 35.5. The molecular weight excluding hydrogens is 1370 g/mol. The number of halogens is 2. The summed E-state index contributed by atoms with van der Waals surface area (Å²) in [6.07, 6.45) is 5.65. The largest absolute Gasteiger partial charge is 0.480 e. The van der Waals surface area contributed by atoms with Gasteiger partial charge in [0.1, 0.15) is 18.4 Å². The molecule has 568 valence electrons. The minimum atomic E-state index is -3.33. The highest BCUT2D eigenvalue weighted by molar-refractivity contribution is 5.97. The van der Waals surface area contributed by atoms with Gasteiger partial charge < -0.3 is 74.9 Å². The van der Waals surface area contributed by atoms with Gasteiger partial charge in [-0.3, -0.25) is 43.5 Å². The zero-order valence-electron chi connectivity index (χ0n) is 59.3. The zero-order chi connectivity index (χ0) is 75.1. The van der Waals surface area contributed by atoms with E-state index in [-0.39, 0.29) is 156 Å². The Hall–Kier alpha value is -9.44. The third-order valence-electron chi connectivity index (χ3n) is 17.6. The number of aromatic amines is 1. The molecule has 0 bridgehead atoms. The Balaban J connectivity index is 0.539. The van der Waals surface area contributed by atoms with E-state index in [0.717, 1.165) is 0 Å². The number of cyclic esters (lactones) is 1. The number of aliphatic carboxylic acids is 1. The molecule has 6 aromatic rings. The Labute approximate surface area is 604 Å². The lowest BCUT2D eigenvalue weighted by Crippen LogP contribution is -2.44. The number of Topliss-reactive ketones (excluding diaryl/α,β-unsaturated/α-hetero) is 2. The van der Waals surface area contributed by atoms with E-state index in [1.165, 1.54) is 29.0 Å². The van der Waals surface area contributed by atoms with Gasteiger partial charge in [-0.2, -0.15) is 4.98 Å². The number of aliphatic imine (C=N–C) groups is 1. The van der Waals surface area contributed by atoms with Crippen molar-refractivity contribution >= 4 is 80.6 Å². The normalized spacial score (nSPS) is 14.3. The molecule has 3 amide bonds. The fourth-order valence-corrected chi connectivity index (χ4v) is 11.8. The van der Waals surface area contributed by atoms with Gasteiger partial charge in [0.05, 0.1) is 107 Å². The number of carboxylic acid groups (broad SMARTS) is 1. The lowest BCUT2D eigenvalue weighted by atomic mass is 9.86. The van der Waals surface area contributed by atoms with Crippen molar-refractivity contribution in [2.24, 2.45) is 4.99 Å². The third-order valence-corrected chi connectivity index (χ3v) is 17.6. The van der Waals surface area contributed by atoms with Crippen molar-refractivity contribution in [1.29, 1.82) is 0 Å². The Bertz CT molecular complexity index is 4120. The number of carbonyl (C=O) groups excluding carboxylic acids is 6. The van der Waals surface area contributed by atoms with Crippen molar-refractivity contribution < 1.29 is 85.7 Å². The first kappa shape index (κ1) is 81.2. The quantitative estimate of drug-likeness (QED) is 0.0122. The highest BCUT2D eigenvalue weighted by Crippen LogP contribution is 2.46. The molecule has 105 heavy (non-hydrogen) atoms. The second-order valence-corrected chi connectivity index (χ2v) is 25.4. The van der Waals surface area contributed by atoms with E-state index in [0.29, 0.717) is 166 Å². The summed E-state index contributed by atoms with van der Waals surface area (Å²) in [5.41, 5.74) is 5.44. The number of pyridine rings is 2. The molecule has 0 aliphatic carbocycles. The molecule has 0 spiro atoms. The number of hydrogen-bond donors (Lipinski definition) is 8.